The fraction of sp³-hybridized carbons (Fsp3) is 0.278. The highest BCUT2D eigenvalue weighted by Gasteiger charge is 2.10. The van der Waals surface area contributed by atoms with Crippen LogP contribution in [-0.4, -0.2) is 20.1 Å². The van der Waals surface area contributed by atoms with Gasteiger partial charge < -0.3 is 14.8 Å². The maximum atomic E-state index is 12.2. The zero-order valence-electron chi connectivity index (χ0n) is 13.4. The van der Waals surface area contributed by atoms with Gasteiger partial charge in [-0.15, -0.1) is 0 Å². The molecule has 0 radical (unpaired) electrons. The van der Waals surface area contributed by atoms with Crippen molar-refractivity contribution < 1.29 is 14.3 Å². The minimum Gasteiger partial charge on any atom is -0.496 e. The second-order valence-electron chi connectivity index (χ2n) is 5.23. The molecule has 1 N–H and O–H groups in total. The lowest BCUT2D eigenvalue weighted by molar-refractivity contribution is -0.115. The van der Waals surface area contributed by atoms with Crippen LogP contribution in [0.2, 0.25) is 0 Å². The highest BCUT2D eigenvalue weighted by molar-refractivity contribution is 5.93. The van der Waals surface area contributed by atoms with Crippen LogP contribution in [0.15, 0.2) is 36.4 Å². The van der Waals surface area contributed by atoms with E-state index in [1.807, 2.05) is 50.2 Å². The van der Waals surface area contributed by atoms with Gasteiger partial charge in [0.2, 0.25) is 5.91 Å². The first-order valence-corrected chi connectivity index (χ1v) is 7.11. The van der Waals surface area contributed by atoms with Crippen LogP contribution in [0.4, 0.5) is 5.69 Å². The zero-order valence-corrected chi connectivity index (χ0v) is 13.4. The van der Waals surface area contributed by atoms with E-state index < -0.39 is 0 Å². The lowest BCUT2D eigenvalue weighted by Crippen LogP contribution is -2.15. The summed E-state index contributed by atoms with van der Waals surface area (Å²) in [6.45, 7) is 3.94. The first kappa shape index (κ1) is 15.9. The number of rotatable bonds is 5. The number of aryl methyl sites for hydroxylation is 2. The average Bonchev–Trinajstić information content (AvgIpc) is 2.49. The van der Waals surface area contributed by atoms with E-state index in [1.54, 1.807) is 14.2 Å². The largest absolute Gasteiger partial charge is 0.496 e. The van der Waals surface area contributed by atoms with Crippen LogP contribution < -0.4 is 14.8 Å². The van der Waals surface area contributed by atoms with Crippen molar-refractivity contribution in [2.75, 3.05) is 19.5 Å². The van der Waals surface area contributed by atoms with Gasteiger partial charge in [0, 0.05) is 0 Å². The van der Waals surface area contributed by atoms with E-state index in [-0.39, 0.29) is 12.3 Å². The molecule has 0 heterocycles. The molecule has 0 aromatic heterocycles. The molecule has 0 spiro atoms. The van der Waals surface area contributed by atoms with Gasteiger partial charge in [0.05, 0.1) is 26.3 Å². The molecule has 0 saturated carbocycles. The maximum Gasteiger partial charge on any atom is 0.228 e. The molecular formula is C18H21NO3. The Balaban J connectivity index is 2.12. The topological polar surface area (TPSA) is 47.6 Å². The summed E-state index contributed by atoms with van der Waals surface area (Å²) in [5.74, 6) is 1.36. The van der Waals surface area contributed by atoms with Crippen LogP contribution in [-0.2, 0) is 11.2 Å². The molecule has 0 aliphatic rings. The van der Waals surface area contributed by atoms with Crippen molar-refractivity contribution in [1.29, 1.82) is 0 Å². The van der Waals surface area contributed by atoms with Gasteiger partial charge in [0.15, 0.2) is 0 Å². The Morgan fingerprint density at radius 2 is 1.73 bits per heavy atom. The molecule has 0 aliphatic carbocycles. The number of benzene rings is 2. The molecule has 0 aliphatic heterocycles. The van der Waals surface area contributed by atoms with Gasteiger partial charge >= 0.3 is 0 Å². The smallest absolute Gasteiger partial charge is 0.228 e. The number of methoxy groups -OCH3 is 2. The Morgan fingerprint density at radius 1 is 1.00 bits per heavy atom. The second-order valence-corrected chi connectivity index (χ2v) is 5.23. The SMILES string of the molecule is COc1cc(CC(=O)Nc2cc(C)ccc2OC)ccc1C. The molecular weight excluding hydrogens is 278 g/mol. The summed E-state index contributed by atoms with van der Waals surface area (Å²) in [5.41, 5.74) is 3.71. The van der Waals surface area contributed by atoms with Crippen LogP contribution in [0.1, 0.15) is 16.7 Å². The third-order valence-electron chi connectivity index (χ3n) is 3.47. The summed E-state index contributed by atoms with van der Waals surface area (Å²) in [6, 6.07) is 11.5. The number of carbonyl (C=O) groups excluding carboxylic acids is 1. The Bertz CT molecular complexity index is 680. The van der Waals surface area contributed by atoms with Crippen LogP contribution in [0, 0.1) is 13.8 Å². The third-order valence-corrected chi connectivity index (χ3v) is 3.47. The minimum atomic E-state index is -0.0881. The molecule has 2 aromatic rings. The number of hydrogen-bond acceptors (Lipinski definition) is 3. The molecule has 22 heavy (non-hydrogen) atoms. The van der Waals surface area contributed by atoms with E-state index in [2.05, 4.69) is 5.32 Å². The lowest BCUT2D eigenvalue weighted by Gasteiger charge is -2.12. The third kappa shape index (κ3) is 3.79. The molecule has 0 saturated heterocycles. The van der Waals surface area contributed by atoms with Crippen molar-refractivity contribution in [2.24, 2.45) is 0 Å². The van der Waals surface area contributed by atoms with Crippen molar-refractivity contribution in [2.45, 2.75) is 20.3 Å². The summed E-state index contributed by atoms with van der Waals surface area (Å²) in [4.78, 5) is 12.2. The Morgan fingerprint density at radius 3 is 2.41 bits per heavy atom. The monoisotopic (exact) mass is 299 g/mol. The highest BCUT2D eigenvalue weighted by atomic mass is 16.5. The summed E-state index contributed by atoms with van der Waals surface area (Å²) in [5, 5.41) is 2.90. The predicted octanol–water partition coefficient (Wildman–Crippen LogP) is 3.50. The molecule has 4 heteroatoms. The van der Waals surface area contributed by atoms with E-state index in [0.717, 1.165) is 22.4 Å². The fourth-order valence-corrected chi connectivity index (χ4v) is 2.27. The predicted molar refractivity (Wildman–Crippen MR) is 87.8 cm³/mol. The molecule has 2 aromatic carbocycles. The molecule has 0 unspecified atom stereocenters. The number of anilines is 1. The lowest BCUT2D eigenvalue weighted by atomic mass is 10.1. The number of carbonyl (C=O) groups is 1. The van der Waals surface area contributed by atoms with Gasteiger partial charge in [-0.05, 0) is 48.7 Å². The molecule has 4 nitrogen and oxygen atoms in total. The standard InChI is InChI=1S/C18H21NO3/c1-12-5-8-16(21-3)15(9-12)19-18(20)11-14-7-6-13(2)17(10-14)22-4/h5-10H,11H2,1-4H3,(H,19,20). The van der Waals surface area contributed by atoms with E-state index >= 15 is 0 Å². The van der Waals surface area contributed by atoms with Gasteiger partial charge in [-0.3, -0.25) is 4.79 Å². The average molecular weight is 299 g/mol. The van der Waals surface area contributed by atoms with E-state index in [4.69, 9.17) is 9.47 Å². The van der Waals surface area contributed by atoms with Crippen LogP contribution >= 0.6 is 0 Å². The molecule has 2 rings (SSSR count). The first-order valence-electron chi connectivity index (χ1n) is 7.11. The van der Waals surface area contributed by atoms with E-state index in [9.17, 15) is 4.79 Å². The quantitative estimate of drug-likeness (QED) is 0.919. The Kier molecular flexibility index (Phi) is 5.04. The van der Waals surface area contributed by atoms with Crippen LogP contribution in [0.5, 0.6) is 11.5 Å². The van der Waals surface area contributed by atoms with E-state index in [1.165, 1.54) is 0 Å². The van der Waals surface area contributed by atoms with E-state index in [0.29, 0.717) is 11.4 Å². The van der Waals surface area contributed by atoms with Gasteiger partial charge in [0.1, 0.15) is 11.5 Å². The zero-order chi connectivity index (χ0) is 16.1. The second kappa shape index (κ2) is 6.98. The maximum absolute atomic E-state index is 12.2. The molecule has 0 fully saturated rings. The fourth-order valence-electron chi connectivity index (χ4n) is 2.27. The Labute approximate surface area is 131 Å². The summed E-state index contributed by atoms with van der Waals surface area (Å²) >= 11 is 0. The summed E-state index contributed by atoms with van der Waals surface area (Å²) in [7, 11) is 3.22. The van der Waals surface area contributed by atoms with Gasteiger partial charge in [-0.25, -0.2) is 0 Å². The number of hydrogen-bond donors (Lipinski definition) is 1. The summed E-state index contributed by atoms with van der Waals surface area (Å²) < 4.78 is 10.6. The molecule has 116 valence electrons. The molecule has 1 amide bonds. The van der Waals surface area contributed by atoms with Crippen molar-refractivity contribution in [3.63, 3.8) is 0 Å². The van der Waals surface area contributed by atoms with Crippen molar-refractivity contribution in [3.05, 3.63) is 53.1 Å². The number of nitrogens with one attached hydrogen (secondary N) is 1. The Hall–Kier alpha value is -2.49. The van der Waals surface area contributed by atoms with Gasteiger partial charge in [-0.2, -0.15) is 0 Å². The van der Waals surface area contributed by atoms with Crippen LogP contribution in [0.3, 0.4) is 0 Å². The minimum absolute atomic E-state index is 0.0881. The number of amides is 1. The number of ether oxygens (including phenoxy) is 2. The molecule has 0 bridgehead atoms. The van der Waals surface area contributed by atoms with Crippen molar-refractivity contribution in [1.82, 2.24) is 0 Å². The highest BCUT2D eigenvalue weighted by Crippen LogP contribution is 2.25. The molecule has 0 atom stereocenters. The van der Waals surface area contributed by atoms with Crippen LogP contribution in [0.25, 0.3) is 0 Å². The first-order chi connectivity index (χ1) is 10.5. The van der Waals surface area contributed by atoms with Gasteiger partial charge in [-0.1, -0.05) is 18.2 Å². The summed E-state index contributed by atoms with van der Waals surface area (Å²) in [6.07, 6.45) is 0.285. The normalized spacial score (nSPS) is 10.2. The van der Waals surface area contributed by atoms with Crippen molar-refractivity contribution in [3.8, 4) is 11.5 Å². The van der Waals surface area contributed by atoms with Crippen molar-refractivity contribution >= 4 is 11.6 Å². The van der Waals surface area contributed by atoms with Gasteiger partial charge in [0.25, 0.3) is 0 Å².